The molecule has 0 amide bonds. The summed E-state index contributed by atoms with van der Waals surface area (Å²) in [5.41, 5.74) is 0. The predicted octanol–water partition coefficient (Wildman–Crippen LogP) is 3.62. The lowest BCUT2D eigenvalue weighted by molar-refractivity contribution is -0.160. The van der Waals surface area contributed by atoms with Crippen LogP contribution in [0.2, 0.25) is 0 Å². The van der Waals surface area contributed by atoms with E-state index in [1.165, 1.54) is 15.9 Å². The van der Waals surface area contributed by atoms with Crippen molar-refractivity contribution in [3.05, 3.63) is 11.8 Å². The van der Waals surface area contributed by atoms with Crippen LogP contribution in [-0.2, 0) is 4.74 Å². The van der Waals surface area contributed by atoms with Crippen molar-refractivity contribution in [2.75, 3.05) is 0 Å². The number of hydrogen-bond donors (Lipinski definition) is 0. The third kappa shape index (κ3) is 4.96. The van der Waals surface area contributed by atoms with Gasteiger partial charge in [-0.2, -0.15) is 30.7 Å². The molecule has 0 saturated carbocycles. The third-order valence-corrected chi connectivity index (χ3v) is 0.789. The zero-order chi connectivity index (χ0) is 10.9. The zero-order valence-electron chi connectivity index (χ0n) is 5.43. The molecule has 0 aromatic heterocycles. The van der Waals surface area contributed by atoms with Crippen LogP contribution < -0.4 is 0 Å². The summed E-state index contributed by atoms with van der Waals surface area (Å²) < 4.78 is 83.2. The maximum atomic E-state index is 11.8. The minimum atomic E-state index is -5.69. The van der Waals surface area contributed by atoms with Gasteiger partial charge in [-0.05, 0) is 0 Å². The summed E-state index contributed by atoms with van der Waals surface area (Å²) in [6, 6.07) is -3.03. The first-order valence-electron chi connectivity index (χ1n) is 2.42. The van der Waals surface area contributed by atoms with Crippen LogP contribution in [0.3, 0.4) is 0 Å². The number of allylic oxidation sites excluding steroid dienone is 1. The van der Waals surface area contributed by atoms with Crippen molar-refractivity contribution in [3.63, 3.8) is 0 Å². The van der Waals surface area contributed by atoms with Gasteiger partial charge in [0.25, 0.3) is 5.83 Å². The number of halogens is 8. The Labute approximate surface area is 75.3 Å². The molecule has 0 spiro atoms. The van der Waals surface area contributed by atoms with Gasteiger partial charge in [-0.25, -0.2) is 0 Å². The molecule has 0 N–H and O–H groups in total. The summed E-state index contributed by atoms with van der Waals surface area (Å²) in [6.45, 7) is 0. The molecular formula is C4BrF7O. The fraction of sp³-hybridized carbons (Fsp3) is 0.500. The molecule has 0 radical (unpaired) electrons. The minimum Gasteiger partial charge on any atom is -0.395 e. The molecule has 0 aliphatic heterocycles. The summed E-state index contributed by atoms with van der Waals surface area (Å²) >= 11 is 1.35. The summed E-state index contributed by atoms with van der Waals surface area (Å²) in [4.78, 5) is 0. The predicted molar refractivity (Wildman–Crippen MR) is 30.3 cm³/mol. The van der Waals surface area contributed by atoms with E-state index in [1.807, 2.05) is 0 Å². The Hall–Kier alpha value is -0.470. The summed E-state index contributed by atoms with van der Waals surface area (Å²) in [7, 11) is 0. The van der Waals surface area contributed by atoms with Gasteiger partial charge in [0.05, 0.1) is 0 Å². The van der Waals surface area contributed by atoms with Crippen LogP contribution in [0.15, 0.2) is 11.8 Å². The van der Waals surface area contributed by atoms with Crippen molar-refractivity contribution in [2.24, 2.45) is 0 Å². The quantitative estimate of drug-likeness (QED) is 0.425. The molecule has 0 bridgehead atoms. The lowest BCUT2D eigenvalue weighted by atomic mass is 10.5. The molecule has 0 atom stereocenters. The maximum absolute atomic E-state index is 11.8. The Morgan fingerprint density at radius 2 is 1.38 bits per heavy atom. The average Bonchev–Trinajstić information content (AvgIpc) is 1.79. The fourth-order valence-corrected chi connectivity index (χ4v) is 0.400. The highest BCUT2D eigenvalue weighted by Crippen LogP contribution is 2.34. The molecule has 9 heteroatoms. The normalized spacial score (nSPS) is 15.4. The molecule has 1 nitrogen and oxygen atoms in total. The standard InChI is InChI=1S/C4BrF7O/c5-4(11,12)13-2(7)1(6)3(8,9)10/b2-1+. The van der Waals surface area contributed by atoms with Gasteiger partial charge in [0, 0.05) is 15.9 Å². The fourth-order valence-electron chi connectivity index (χ4n) is 0.258. The van der Waals surface area contributed by atoms with Gasteiger partial charge in [0.2, 0.25) is 0 Å². The highest BCUT2D eigenvalue weighted by atomic mass is 79.9. The summed E-state index contributed by atoms with van der Waals surface area (Å²) in [5.74, 6) is -3.35. The lowest BCUT2D eigenvalue weighted by Gasteiger charge is -2.10. The Morgan fingerprint density at radius 1 is 1.00 bits per heavy atom. The third-order valence-electron chi connectivity index (χ3n) is 0.627. The molecule has 0 aliphatic carbocycles. The van der Waals surface area contributed by atoms with Gasteiger partial charge in [0.1, 0.15) is 0 Å². The van der Waals surface area contributed by atoms with Crippen LogP contribution in [0, 0.1) is 0 Å². The van der Waals surface area contributed by atoms with Crippen LogP contribution in [0.25, 0.3) is 0 Å². The molecule has 0 heterocycles. The number of rotatable bonds is 2. The van der Waals surface area contributed by atoms with E-state index >= 15 is 0 Å². The number of hydrogen-bond acceptors (Lipinski definition) is 1. The van der Waals surface area contributed by atoms with Gasteiger partial charge in [-0.15, -0.1) is 0 Å². The van der Waals surface area contributed by atoms with Crippen LogP contribution in [0.5, 0.6) is 0 Å². The van der Waals surface area contributed by atoms with E-state index in [1.54, 1.807) is 0 Å². The molecule has 0 saturated heterocycles. The largest absolute Gasteiger partial charge is 0.461 e. The molecule has 0 aromatic rings. The van der Waals surface area contributed by atoms with E-state index in [9.17, 15) is 30.7 Å². The van der Waals surface area contributed by atoms with Gasteiger partial charge in [0.15, 0.2) is 0 Å². The Kier molecular flexibility index (Phi) is 3.59. The van der Waals surface area contributed by atoms with E-state index in [0.717, 1.165) is 0 Å². The molecular weight excluding hydrogens is 277 g/mol. The van der Waals surface area contributed by atoms with Crippen LogP contribution >= 0.6 is 15.9 Å². The van der Waals surface area contributed by atoms with E-state index in [2.05, 4.69) is 4.74 Å². The van der Waals surface area contributed by atoms with E-state index in [4.69, 9.17) is 0 Å². The van der Waals surface area contributed by atoms with Gasteiger partial charge in [-0.3, -0.25) is 0 Å². The smallest absolute Gasteiger partial charge is 0.395 e. The molecule has 0 rings (SSSR count). The van der Waals surface area contributed by atoms with Crippen LogP contribution in [-0.4, -0.2) is 11.2 Å². The second-order valence-electron chi connectivity index (χ2n) is 1.63. The Morgan fingerprint density at radius 3 is 1.62 bits per heavy atom. The molecule has 0 unspecified atom stereocenters. The van der Waals surface area contributed by atoms with Crippen LogP contribution in [0.1, 0.15) is 0 Å². The van der Waals surface area contributed by atoms with E-state index in [-0.39, 0.29) is 0 Å². The van der Waals surface area contributed by atoms with Gasteiger partial charge < -0.3 is 4.74 Å². The van der Waals surface area contributed by atoms with E-state index in [0.29, 0.717) is 0 Å². The van der Waals surface area contributed by atoms with Crippen molar-refractivity contribution in [1.82, 2.24) is 0 Å². The first-order valence-corrected chi connectivity index (χ1v) is 3.21. The van der Waals surface area contributed by atoms with Crippen molar-refractivity contribution < 1.29 is 35.5 Å². The number of alkyl halides is 6. The number of ether oxygens (including phenoxy) is 1. The maximum Gasteiger partial charge on any atom is 0.461 e. The average molecular weight is 277 g/mol. The van der Waals surface area contributed by atoms with Crippen molar-refractivity contribution in [3.8, 4) is 0 Å². The highest BCUT2D eigenvalue weighted by Gasteiger charge is 2.42. The zero-order valence-corrected chi connectivity index (χ0v) is 7.02. The first-order chi connectivity index (χ1) is 5.54. The minimum absolute atomic E-state index is 1.35. The van der Waals surface area contributed by atoms with Gasteiger partial charge >= 0.3 is 17.2 Å². The lowest BCUT2D eigenvalue weighted by Crippen LogP contribution is -2.15. The topological polar surface area (TPSA) is 9.23 Å². The van der Waals surface area contributed by atoms with Crippen molar-refractivity contribution in [1.29, 1.82) is 0 Å². The SMILES string of the molecule is F/C(OC(F)(F)Br)=C(\F)C(F)(F)F. The molecule has 0 fully saturated rings. The second kappa shape index (κ2) is 3.72. The first kappa shape index (κ1) is 12.5. The van der Waals surface area contributed by atoms with Crippen molar-refractivity contribution >= 4 is 15.9 Å². The Balaban J connectivity index is 4.65. The Bertz CT molecular complexity index is 214. The van der Waals surface area contributed by atoms with Crippen LogP contribution in [0.4, 0.5) is 30.7 Å². The van der Waals surface area contributed by atoms with Gasteiger partial charge in [-0.1, -0.05) is 0 Å². The molecule has 78 valence electrons. The van der Waals surface area contributed by atoms with Crippen molar-refractivity contribution in [2.45, 2.75) is 11.2 Å². The molecule has 13 heavy (non-hydrogen) atoms. The van der Waals surface area contributed by atoms with E-state index < -0.39 is 23.0 Å². The monoisotopic (exact) mass is 276 g/mol. The molecule has 0 aliphatic rings. The summed E-state index contributed by atoms with van der Waals surface area (Å²) in [6.07, 6.45) is -5.69. The highest BCUT2D eigenvalue weighted by molar-refractivity contribution is 9.09. The molecule has 0 aromatic carbocycles. The second-order valence-corrected chi connectivity index (χ2v) is 2.56. The summed E-state index contributed by atoms with van der Waals surface area (Å²) in [5, 5.41) is -4.39.